The van der Waals surface area contributed by atoms with E-state index in [1.807, 2.05) is 35.7 Å². The molecule has 1 aliphatic carbocycles. The number of fused-ring (bicyclic) bond motifs is 1. The van der Waals surface area contributed by atoms with Crippen molar-refractivity contribution >= 4 is 28.9 Å². The molecule has 1 aliphatic heterocycles. The molecule has 7 heteroatoms. The van der Waals surface area contributed by atoms with Crippen LogP contribution in [0.25, 0.3) is 11.0 Å². The molecule has 4 rings (SSSR count). The smallest absolute Gasteiger partial charge is 0.255 e. The van der Waals surface area contributed by atoms with Crippen molar-refractivity contribution in [3.63, 3.8) is 0 Å². The molecule has 0 radical (unpaired) electrons. The Morgan fingerprint density at radius 1 is 1.25 bits per heavy atom. The maximum absolute atomic E-state index is 13.0. The summed E-state index contributed by atoms with van der Waals surface area (Å²) in [4.78, 5) is 22.4. The maximum Gasteiger partial charge on any atom is 0.255 e. The number of piperidine rings is 1. The average molecular weight is 402 g/mol. The minimum Gasteiger partial charge on any atom is -0.351 e. The average Bonchev–Trinajstić information content (AvgIpc) is 3.10. The summed E-state index contributed by atoms with van der Waals surface area (Å²) in [6.07, 6.45) is 7.47. The van der Waals surface area contributed by atoms with E-state index in [0.717, 1.165) is 54.7 Å². The van der Waals surface area contributed by atoms with E-state index in [4.69, 9.17) is 4.98 Å². The highest BCUT2D eigenvalue weighted by atomic mass is 32.2. The Labute approximate surface area is 171 Å². The van der Waals surface area contributed by atoms with Crippen molar-refractivity contribution in [2.24, 2.45) is 5.92 Å². The van der Waals surface area contributed by atoms with E-state index in [1.165, 1.54) is 12.8 Å². The summed E-state index contributed by atoms with van der Waals surface area (Å²) < 4.78 is 4.40. The zero-order valence-corrected chi connectivity index (χ0v) is 18.0. The first kappa shape index (κ1) is 19.7. The number of hydrogen-bond donors (Lipinski definition) is 1. The van der Waals surface area contributed by atoms with E-state index in [0.29, 0.717) is 17.9 Å². The number of pyridine rings is 1. The normalized spacial score (nSPS) is 24.1. The van der Waals surface area contributed by atoms with E-state index >= 15 is 0 Å². The first-order valence-electron chi connectivity index (χ1n) is 10.6. The molecule has 1 N–H and O–H groups in total. The van der Waals surface area contributed by atoms with Crippen LogP contribution in [0.3, 0.4) is 0 Å². The van der Waals surface area contributed by atoms with Gasteiger partial charge >= 0.3 is 0 Å². The second-order valence-corrected chi connectivity index (χ2v) is 9.57. The molecule has 2 aliphatic rings. The van der Waals surface area contributed by atoms with Gasteiger partial charge in [0.05, 0.1) is 0 Å². The summed E-state index contributed by atoms with van der Waals surface area (Å²) in [5, 5.41) is 4.48. The Morgan fingerprint density at radius 3 is 2.71 bits per heavy atom. The third kappa shape index (κ3) is 3.92. The molecule has 6 nitrogen and oxygen atoms in total. The van der Waals surface area contributed by atoms with E-state index in [9.17, 15) is 4.79 Å². The lowest BCUT2D eigenvalue weighted by Gasteiger charge is -2.31. The maximum atomic E-state index is 13.0. The number of nitrogens with one attached hydrogen (secondary N) is 1. The zero-order valence-electron chi connectivity index (χ0n) is 17.1. The molecule has 1 saturated carbocycles. The molecule has 0 aromatic carbocycles. The first-order valence-corrected chi connectivity index (χ1v) is 11.5. The Morgan fingerprint density at radius 2 is 2.04 bits per heavy atom. The Kier molecular flexibility index (Phi) is 5.92. The second kappa shape index (κ2) is 8.41. The molecule has 3 heterocycles. The standard InChI is InChI=1S/C21H31N5OS/c1-4-28-25-10-8-17(9-11-25)23-21-22-13-16-12-15(3)20(27)26(19(16)24-21)18-7-5-6-14(18)2/h12-14,17-18H,4-11H2,1-3H3,(H,22,23,24). The van der Waals surface area contributed by atoms with Crippen LogP contribution in [-0.2, 0) is 0 Å². The molecule has 2 aromatic rings. The fourth-order valence-electron chi connectivity index (χ4n) is 4.64. The monoisotopic (exact) mass is 401 g/mol. The van der Waals surface area contributed by atoms with Gasteiger partial charge < -0.3 is 5.32 Å². The van der Waals surface area contributed by atoms with Gasteiger partial charge in [-0.1, -0.05) is 32.2 Å². The quantitative estimate of drug-likeness (QED) is 0.764. The van der Waals surface area contributed by atoms with Crippen molar-refractivity contribution in [3.8, 4) is 0 Å². The highest BCUT2D eigenvalue weighted by Crippen LogP contribution is 2.36. The number of anilines is 1. The zero-order chi connectivity index (χ0) is 19.7. The van der Waals surface area contributed by atoms with Gasteiger partial charge in [0.15, 0.2) is 0 Å². The SMILES string of the molecule is CCSN1CCC(Nc2ncc3cc(C)c(=O)n(C4CCCC4C)c3n2)CC1. The van der Waals surface area contributed by atoms with E-state index < -0.39 is 0 Å². The van der Waals surface area contributed by atoms with Crippen LogP contribution in [0.5, 0.6) is 0 Å². The van der Waals surface area contributed by atoms with Crippen LogP contribution in [-0.4, -0.2) is 43.7 Å². The number of aryl methyl sites for hydroxylation is 1. The summed E-state index contributed by atoms with van der Waals surface area (Å²) in [7, 11) is 0. The van der Waals surface area contributed by atoms with Crippen molar-refractivity contribution < 1.29 is 0 Å². The Hall–Kier alpha value is -1.60. The van der Waals surface area contributed by atoms with E-state index in [1.54, 1.807) is 0 Å². The molecule has 0 bridgehead atoms. The van der Waals surface area contributed by atoms with Crippen LogP contribution < -0.4 is 10.9 Å². The summed E-state index contributed by atoms with van der Waals surface area (Å²) >= 11 is 1.92. The molecule has 2 aromatic heterocycles. The lowest BCUT2D eigenvalue weighted by molar-refractivity contribution is 0.358. The fourth-order valence-corrected chi connectivity index (χ4v) is 5.47. The van der Waals surface area contributed by atoms with Crippen molar-refractivity contribution in [2.45, 2.75) is 65.0 Å². The molecule has 2 unspecified atom stereocenters. The van der Waals surface area contributed by atoms with Gasteiger partial charge in [0.2, 0.25) is 5.95 Å². The van der Waals surface area contributed by atoms with Gasteiger partial charge in [-0.3, -0.25) is 13.7 Å². The van der Waals surface area contributed by atoms with Gasteiger partial charge in [-0.05, 0) is 44.6 Å². The summed E-state index contributed by atoms with van der Waals surface area (Å²) in [5.74, 6) is 2.29. The van der Waals surface area contributed by atoms with Crippen LogP contribution in [0.1, 0.15) is 57.6 Å². The van der Waals surface area contributed by atoms with Crippen molar-refractivity contribution in [1.29, 1.82) is 0 Å². The van der Waals surface area contributed by atoms with Crippen LogP contribution in [0.15, 0.2) is 17.1 Å². The number of nitrogens with zero attached hydrogens (tertiary/aromatic N) is 4. The molecular formula is C21H31N5OS. The van der Waals surface area contributed by atoms with Gasteiger partial charge in [-0.2, -0.15) is 4.98 Å². The lowest BCUT2D eigenvalue weighted by atomic mass is 10.1. The number of aromatic nitrogens is 3. The molecule has 2 fully saturated rings. The second-order valence-electron chi connectivity index (χ2n) is 8.22. The van der Waals surface area contributed by atoms with Crippen LogP contribution in [0.4, 0.5) is 5.95 Å². The topological polar surface area (TPSA) is 63.1 Å². The largest absolute Gasteiger partial charge is 0.351 e. The molecular weight excluding hydrogens is 370 g/mol. The highest BCUT2D eigenvalue weighted by molar-refractivity contribution is 7.96. The highest BCUT2D eigenvalue weighted by Gasteiger charge is 2.28. The molecule has 0 amide bonds. The summed E-state index contributed by atoms with van der Waals surface area (Å²) in [6, 6.07) is 2.56. The number of rotatable bonds is 5. The predicted octanol–water partition coefficient (Wildman–Crippen LogP) is 4.01. The molecule has 1 saturated heterocycles. The van der Waals surface area contributed by atoms with Gasteiger partial charge in [-0.15, -0.1) is 0 Å². The minimum absolute atomic E-state index is 0.0980. The van der Waals surface area contributed by atoms with Crippen LogP contribution in [0.2, 0.25) is 0 Å². The first-order chi connectivity index (χ1) is 13.6. The van der Waals surface area contributed by atoms with E-state index in [2.05, 4.69) is 28.5 Å². The lowest BCUT2D eigenvalue weighted by Crippen LogP contribution is -2.36. The van der Waals surface area contributed by atoms with Gasteiger partial charge in [-0.25, -0.2) is 4.98 Å². The van der Waals surface area contributed by atoms with Crippen LogP contribution >= 0.6 is 11.9 Å². The Balaban J connectivity index is 1.61. The van der Waals surface area contributed by atoms with Gasteiger partial charge in [0.25, 0.3) is 5.56 Å². The fraction of sp³-hybridized carbons (Fsp3) is 0.667. The van der Waals surface area contributed by atoms with E-state index in [-0.39, 0.29) is 11.6 Å². The van der Waals surface area contributed by atoms with Gasteiger partial charge in [0.1, 0.15) is 5.65 Å². The number of hydrogen-bond acceptors (Lipinski definition) is 6. The third-order valence-electron chi connectivity index (χ3n) is 6.20. The Bertz CT molecular complexity index is 890. The molecule has 2 atom stereocenters. The van der Waals surface area contributed by atoms with Crippen LogP contribution in [0, 0.1) is 12.8 Å². The summed E-state index contributed by atoms with van der Waals surface area (Å²) in [6.45, 7) is 8.53. The van der Waals surface area contributed by atoms with Crippen molar-refractivity contribution in [1.82, 2.24) is 18.8 Å². The predicted molar refractivity (Wildman–Crippen MR) is 117 cm³/mol. The molecule has 152 valence electrons. The van der Waals surface area contributed by atoms with Crippen molar-refractivity contribution in [2.75, 3.05) is 24.2 Å². The van der Waals surface area contributed by atoms with Gasteiger partial charge in [0, 0.05) is 48.1 Å². The van der Waals surface area contributed by atoms with Crippen molar-refractivity contribution in [3.05, 3.63) is 28.2 Å². The molecule has 28 heavy (non-hydrogen) atoms. The minimum atomic E-state index is 0.0980. The molecule has 0 spiro atoms. The summed E-state index contributed by atoms with van der Waals surface area (Å²) in [5.41, 5.74) is 1.66. The third-order valence-corrected chi connectivity index (χ3v) is 7.19.